The van der Waals surface area contributed by atoms with Gasteiger partial charge in [-0.15, -0.1) is 0 Å². The smallest absolute Gasteiger partial charge is 0.306 e. The summed E-state index contributed by atoms with van der Waals surface area (Å²) in [5.74, 6) is -4.26. The number of esters is 1. The lowest BCUT2D eigenvalue weighted by molar-refractivity contribution is -0.310. The molecule has 4 aliphatic rings. The number of aliphatic hydroxyl groups is 3. The number of ether oxygens (including phenoxy) is 1. The maximum atomic E-state index is 13.3. The fraction of sp³-hybridized carbons (Fsp3) is 0.690. The van der Waals surface area contributed by atoms with Crippen molar-refractivity contribution in [1.82, 2.24) is 5.32 Å². The first-order chi connectivity index (χ1) is 18.6. The predicted octanol–water partition coefficient (Wildman–Crippen LogP) is -0.496. The number of ketones is 2. The van der Waals surface area contributed by atoms with Crippen LogP contribution >= 0.6 is 0 Å². The van der Waals surface area contributed by atoms with Gasteiger partial charge in [0.25, 0.3) is 0 Å². The number of fused-ring (bicyclic) bond motifs is 5. The van der Waals surface area contributed by atoms with Crippen LogP contribution in [0.25, 0.3) is 0 Å². The molecular weight excluding hydrogens is 522 g/mol. The molecule has 11 nitrogen and oxygen atoms in total. The lowest BCUT2D eigenvalue weighted by Gasteiger charge is -2.59. The van der Waals surface area contributed by atoms with Crippen LogP contribution in [-0.4, -0.2) is 75.2 Å². The lowest BCUT2D eigenvalue weighted by Crippen LogP contribution is -2.61. The van der Waals surface area contributed by atoms with Gasteiger partial charge in [0.05, 0.1) is 30.6 Å². The molecule has 4 aliphatic carbocycles. The number of aliphatic hydroxyl groups excluding tert-OH is 2. The van der Waals surface area contributed by atoms with Gasteiger partial charge in [0.15, 0.2) is 12.4 Å². The zero-order valence-corrected chi connectivity index (χ0v) is 23.1. The highest BCUT2D eigenvalue weighted by molar-refractivity contribution is 6.01. The van der Waals surface area contributed by atoms with Gasteiger partial charge in [0.2, 0.25) is 11.7 Å². The van der Waals surface area contributed by atoms with Crippen molar-refractivity contribution in [3.8, 4) is 0 Å². The van der Waals surface area contributed by atoms with Crippen molar-refractivity contribution in [2.75, 3.05) is 6.61 Å². The first-order valence-corrected chi connectivity index (χ1v) is 13.9. The minimum atomic E-state index is -1.81. The van der Waals surface area contributed by atoms with Crippen LogP contribution < -0.4 is 10.4 Å². The molecule has 11 heteroatoms. The van der Waals surface area contributed by atoms with Crippen molar-refractivity contribution in [3.63, 3.8) is 0 Å². The monoisotopic (exact) mass is 560 g/mol. The van der Waals surface area contributed by atoms with Crippen LogP contribution in [0.5, 0.6) is 0 Å². The van der Waals surface area contributed by atoms with Gasteiger partial charge in [0, 0.05) is 23.2 Å². The Labute approximate surface area is 232 Å². The average molecular weight is 561 g/mol. The van der Waals surface area contributed by atoms with Gasteiger partial charge >= 0.3 is 5.97 Å². The van der Waals surface area contributed by atoms with E-state index in [1.807, 2.05) is 19.9 Å². The number of carbonyl (C=O) groups excluding carboxylic acids is 5. The Morgan fingerprint density at radius 3 is 2.55 bits per heavy atom. The molecule has 0 aromatic heterocycles. The second-order valence-electron chi connectivity index (χ2n) is 12.3. The molecule has 4 N–H and O–H groups in total. The highest BCUT2D eigenvalue weighted by atomic mass is 16.5. The predicted molar refractivity (Wildman–Crippen MR) is 137 cm³/mol. The number of Topliss-reactive ketones (excluding diaryl/α,β-unsaturated/α-hetero) is 1. The Morgan fingerprint density at radius 1 is 1.20 bits per heavy atom. The zero-order valence-electron chi connectivity index (χ0n) is 23.1. The molecule has 0 radical (unpaired) electrons. The first-order valence-electron chi connectivity index (χ1n) is 13.9. The molecule has 0 saturated heterocycles. The highest BCUT2D eigenvalue weighted by Crippen LogP contribution is 2.67. The number of carboxylic acids is 1. The van der Waals surface area contributed by atoms with Crippen molar-refractivity contribution in [3.05, 3.63) is 23.8 Å². The van der Waals surface area contributed by atoms with Crippen LogP contribution in [0.4, 0.5) is 0 Å². The Balaban J connectivity index is 1.38. The van der Waals surface area contributed by atoms with E-state index in [9.17, 15) is 44.4 Å². The fourth-order valence-corrected chi connectivity index (χ4v) is 7.96. The zero-order chi connectivity index (χ0) is 29.6. The number of amides is 1. The third-order valence-corrected chi connectivity index (χ3v) is 10.1. The molecule has 0 heterocycles. The number of carboxylic acid groups (broad SMARTS) is 1. The highest BCUT2D eigenvalue weighted by Gasteiger charge is 2.68. The van der Waals surface area contributed by atoms with Crippen LogP contribution in [0.2, 0.25) is 0 Å². The topological polar surface area (TPSA) is 190 Å². The van der Waals surface area contributed by atoms with Crippen molar-refractivity contribution in [1.29, 1.82) is 0 Å². The van der Waals surface area contributed by atoms with E-state index in [0.717, 1.165) is 12.0 Å². The molecule has 3 fully saturated rings. The largest absolute Gasteiger partial charge is 0.548 e. The number of aliphatic carboxylic acids is 1. The second kappa shape index (κ2) is 10.8. The molecule has 0 aromatic rings. The molecule has 1 amide bonds. The quantitative estimate of drug-likeness (QED) is 0.268. The summed E-state index contributed by atoms with van der Waals surface area (Å²) in [5.41, 5.74) is -2.21. The van der Waals surface area contributed by atoms with Gasteiger partial charge in [-0.2, -0.15) is 0 Å². The molecule has 4 rings (SSSR count). The SMILES string of the molecule is C[C@@H](O)[C@@H](NC(=O)CCC(=O)OCC(=O)[C@]1(O)CC[C@H]2[C@@H]3CCC4=CC(=O)C=C[C@]4(C)[C@H]3[C@H](O)C[C@@]21C)C(=O)[O-]. The van der Waals surface area contributed by atoms with Crippen LogP contribution in [0.1, 0.15) is 65.7 Å². The minimum absolute atomic E-state index is 0.0307. The van der Waals surface area contributed by atoms with E-state index in [1.54, 1.807) is 12.2 Å². The number of rotatable bonds is 9. The Morgan fingerprint density at radius 2 is 1.90 bits per heavy atom. The first kappa shape index (κ1) is 30.1. The maximum Gasteiger partial charge on any atom is 0.306 e. The normalized spacial score (nSPS) is 37.8. The summed E-state index contributed by atoms with van der Waals surface area (Å²) in [5, 5.41) is 45.6. The summed E-state index contributed by atoms with van der Waals surface area (Å²) >= 11 is 0. The number of nitrogens with one attached hydrogen (secondary N) is 1. The third-order valence-electron chi connectivity index (χ3n) is 10.1. The van der Waals surface area contributed by atoms with Gasteiger partial charge in [-0.1, -0.05) is 25.5 Å². The van der Waals surface area contributed by atoms with E-state index in [1.165, 1.54) is 6.92 Å². The van der Waals surface area contributed by atoms with E-state index in [2.05, 4.69) is 5.32 Å². The van der Waals surface area contributed by atoms with Crippen molar-refractivity contribution in [2.45, 2.75) is 89.6 Å². The second-order valence-corrected chi connectivity index (χ2v) is 12.3. The summed E-state index contributed by atoms with van der Waals surface area (Å²) < 4.78 is 5.07. The summed E-state index contributed by atoms with van der Waals surface area (Å²) in [6, 6.07) is -1.63. The molecule has 40 heavy (non-hydrogen) atoms. The van der Waals surface area contributed by atoms with E-state index in [-0.39, 0.29) is 36.4 Å². The summed E-state index contributed by atoms with van der Waals surface area (Å²) in [7, 11) is 0. The Kier molecular flexibility index (Phi) is 8.14. The molecule has 0 unspecified atom stereocenters. The van der Waals surface area contributed by atoms with Gasteiger partial charge in [0.1, 0.15) is 5.60 Å². The molecule has 0 aliphatic heterocycles. The van der Waals surface area contributed by atoms with Crippen molar-refractivity contribution in [2.24, 2.45) is 28.6 Å². The minimum Gasteiger partial charge on any atom is -0.548 e. The van der Waals surface area contributed by atoms with Gasteiger partial charge in [-0.05, 0) is 63.0 Å². The van der Waals surface area contributed by atoms with Crippen LogP contribution in [0.15, 0.2) is 23.8 Å². The molecule has 3 saturated carbocycles. The number of hydrogen-bond donors (Lipinski definition) is 4. The van der Waals surface area contributed by atoms with E-state index >= 15 is 0 Å². The van der Waals surface area contributed by atoms with Gasteiger partial charge < -0.3 is 35.3 Å². The molecule has 9 atom stereocenters. The third kappa shape index (κ3) is 5.03. The Hall–Kier alpha value is -2.89. The van der Waals surface area contributed by atoms with Crippen LogP contribution in [0.3, 0.4) is 0 Å². The maximum absolute atomic E-state index is 13.3. The molecule has 0 bridgehead atoms. The summed E-state index contributed by atoms with van der Waals surface area (Å²) in [4.78, 5) is 60.5. The number of allylic oxidation sites excluding steroid dienone is 4. The van der Waals surface area contributed by atoms with Crippen molar-refractivity contribution < 1.29 is 49.1 Å². The fourth-order valence-electron chi connectivity index (χ4n) is 7.96. The van der Waals surface area contributed by atoms with Gasteiger partial charge in [-0.25, -0.2) is 0 Å². The van der Waals surface area contributed by atoms with Crippen molar-refractivity contribution >= 4 is 29.4 Å². The molecule has 220 valence electrons. The van der Waals surface area contributed by atoms with Crippen LogP contribution in [0, 0.1) is 28.6 Å². The summed E-state index contributed by atoms with van der Waals surface area (Å²) in [6.07, 6.45) is 4.37. The average Bonchev–Trinajstić information content (AvgIpc) is 3.15. The number of hydrogen-bond acceptors (Lipinski definition) is 10. The molecule has 0 spiro atoms. The van der Waals surface area contributed by atoms with E-state index < -0.39 is 77.8 Å². The van der Waals surface area contributed by atoms with Crippen LogP contribution in [-0.2, 0) is 28.7 Å². The number of carbonyl (C=O) groups is 5. The Bertz CT molecular complexity index is 1160. The molecule has 0 aromatic carbocycles. The molecular formula is C29H38NO10-. The lowest BCUT2D eigenvalue weighted by atomic mass is 9.46. The van der Waals surface area contributed by atoms with E-state index in [4.69, 9.17) is 4.74 Å². The van der Waals surface area contributed by atoms with E-state index in [0.29, 0.717) is 12.8 Å². The summed E-state index contributed by atoms with van der Waals surface area (Å²) in [6.45, 7) is 4.33. The standard InChI is InChI=1S/C29H39NO10/c1-15(31)25(26(37)38)30-22(35)6-7-23(36)40-14-21(34)29(39)11-9-19-18-5-4-16-12-17(32)8-10-27(16,2)24(18)20(33)13-28(19,29)3/h8,10,12,15,18-20,24-25,31,33,39H,4-7,9,11,13-14H2,1-3H3,(H,30,35)(H,37,38)/p-1/t15-,18+,19+,20-,24-,25-,27+,28+,29-/m1/s1. The van der Waals surface area contributed by atoms with Gasteiger partial charge in [-0.3, -0.25) is 19.2 Å².